The largest absolute Gasteiger partial charge is 0.348 e. The highest BCUT2D eigenvalue weighted by molar-refractivity contribution is 9.09. The minimum Gasteiger partial charge on any atom is -0.348 e. The molecule has 0 aromatic carbocycles. The minimum atomic E-state index is -0.516. The Balaban J connectivity index is 3.37. The van der Waals surface area contributed by atoms with Gasteiger partial charge in [0, 0.05) is 18.4 Å². The van der Waals surface area contributed by atoms with Crippen molar-refractivity contribution in [1.29, 1.82) is 0 Å². The Morgan fingerprint density at radius 2 is 1.30 bits per heavy atom. The minimum absolute atomic E-state index is 0.514. The Hall–Kier alpha value is -0.840. The molecule has 0 aliphatic heterocycles. The van der Waals surface area contributed by atoms with Crippen molar-refractivity contribution in [2.75, 3.05) is 18.4 Å². The molecule has 2 N–H and O–H groups in total. The third-order valence-corrected chi connectivity index (χ3v) is 4.09. The lowest BCUT2D eigenvalue weighted by molar-refractivity contribution is -0.139. The fourth-order valence-corrected chi connectivity index (χ4v) is 2.47. The zero-order chi connectivity index (χ0) is 17.2. The van der Waals surface area contributed by atoms with Gasteiger partial charge in [0.1, 0.15) is 0 Å². The maximum absolute atomic E-state index is 11.5. The van der Waals surface area contributed by atoms with E-state index in [0.29, 0.717) is 13.1 Å². The number of hydrogen-bond donors (Lipinski definition) is 2. The average molecular weight is 389 g/mol. The first-order chi connectivity index (χ1) is 11.2. The highest BCUT2D eigenvalue weighted by Gasteiger charge is 2.10. The van der Waals surface area contributed by atoms with E-state index in [-0.39, 0.29) is 0 Å². The van der Waals surface area contributed by atoms with Crippen LogP contribution in [-0.2, 0) is 9.59 Å². The molecule has 0 aliphatic rings. The van der Waals surface area contributed by atoms with E-state index < -0.39 is 11.8 Å². The average Bonchev–Trinajstić information content (AvgIpc) is 2.55. The van der Waals surface area contributed by atoms with Crippen molar-refractivity contribution >= 4 is 27.7 Å². The van der Waals surface area contributed by atoms with Crippen LogP contribution in [0.3, 0.4) is 0 Å². The first-order valence-corrected chi connectivity index (χ1v) is 10.1. The topological polar surface area (TPSA) is 58.2 Å². The molecule has 0 unspecified atom stereocenters. The Kier molecular flexibility index (Phi) is 16.9. The van der Waals surface area contributed by atoms with Gasteiger partial charge in [-0.1, -0.05) is 54.3 Å². The van der Waals surface area contributed by atoms with Gasteiger partial charge in [-0.25, -0.2) is 0 Å². The molecule has 0 aliphatic carbocycles. The van der Waals surface area contributed by atoms with Crippen molar-refractivity contribution in [2.24, 2.45) is 0 Å². The van der Waals surface area contributed by atoms with Gasteiger partial charge in [0.2, 0.25) is 0 Å². The van der Waals surface area contributed by atoms with Crippen molar-refractivity contribution in [3.63, 3.8) is 0 Å². The molecule has 0 radical (unpaired) electrons. The highest BCUT2D eigenvalue weighted by Crippen LogP contribution is 2.05. The van der Waals surface area contributed by atoms with Gasteiger partial charge in [-0.05, 0) is 44.9 Å². The van der Waals surface area contributed by atoms with Crippen molar-refractivity contribution in [3.8, 4) is 0 Å². The number of rotatable bonds is 14. The molecule has 0 rings (SSSR count). The second-order valence-electron chi connectivity index (χ2n) is 5.72. The number of unbranched alkanes of at least 4 members (excludes halogenated alkanes) is 7. The number of amides is 2. The van der Waals surface area contributed by atoms with Gasteiger partial charge in [0.25, 0.3) is 0 Å². The van der Waals surface area contributed by atoms with Crippen molar-refractivity contribution in [3.05, 3.63) is 12.2 Å². The standard InChI is InChI=1S/C18H33BrN2O2/c1-2-3-15-20-17(22)18(23)21-16-13-11-9-7-5-4-6-8-10-12-14-19/h5,7H,2-4,6,8-16H2,1H3,(H,20,22)(H,21,23)/b7-5-. The van der Waals surface area contributed by atoms with Crippen LogP contribution >= 0.6 is 15.9 Å². The fraction of sp³-hybridized carbons (Fsp3) is 0.778. The summed E-state index contributed by atoms with van der Waals surface area (Å²) < 4.78 is 0. The van der Waals surface area contributed by atoms with Crippen molar-refractivity contribution in [1.82, 2.24) is 10.6 Å². The van der Waals surface area contributed by atoms with Gasteiger partial charge in [-0.15, -0.1) is 0 Å². The Bertz CT molecular complexity index is 333. The molecular weight excluding hydrogens is 356 g/mol. The smallest absolute Gasteiger partial charge is 0.309 e. The summed E-state index contributed by atoms with van der Waals surface area (Å²) in [5.74, 6) is -1.03. The van der Waals surface area contributed by atoms with Crippen molar-refractivity contribution < 1.29 is 9.59 Å². The van der Waals surface area contributed by atoms with E-state index in [0.717, 1.165) is 43.9 Å². The summed E-state index contributed by atoms with van der Waals surface area (Å²) in [7, 11) is 0. The number of hydrogen-bond acceptors (Lipinski definition) is 2. The summed E-state index contributed by atoms with van der Waals surface area (Å²) in [5.41, 5.74) is 0. The maximum Gasteiger partial charge on any atom is 0.309 e. The van der Waals surface area contributed by atoms with Crippen LogP contribution in [0.2, 0.25) is 0 Å². The number of nitrogens with one attached hydrogen (secondary N) is 2. The van der Waals surface area contributed by atoms with Crippen molar-refractivity contribution in [2.45, 2.75) is 71.1 Å². The summed E-state index contributed by atoms with van der Waals surface area (Å²) in [4.78, 5) is 22.9. The molecule has 0 atom stereocenters. The summed E-state index contributed by atoms with van der Waals surface area (Å²) in [5, 5.41) is 6.38. The van der Waals surface area contributed by atoms with E-state index in [4.69, 9.17) is 0 Å². The van der Waals surface area contributed by atoms with E-state index in [1.165, 1.54) is 25.7 Å². The zero-order valence-electron chi connectivity index (χ0n) is 14.5. The summed E-state index contributed by atoms with van der Waals surface area (Å²) in [6.07, 6.45) is 15.7. The lowest BCUT2D eigenvalue weighted by Crippen LogP contribution is -2.40. The summed E-state index contributed by atoms with van der Waals surface area (Å²) in [6.45, 7) is 3.19. The van der Waals surface area contributed by atoms with E-state index in [1.807, 2.05) is 6.92 Å². The van der Waals surface area contributed by atoms with Gasteiger partial charge in [0.15, 0.2) is 0 Å². The summed E-state index contributed by atoms with van der Waals surface area (Å²) >= 11 is 3.44. The SMILES string of the molecule is CCCCNC(=O)C(=O)NCCCC/C=C\CCCCCCBr. The summed E-state index contributed by atoms with van der Waals surface area (Å²) in [6, 6.07) is 0. The van der Waals surface area contributed by atoms with Crippen LogP contribution in [0.5, 0.6) is 0 Å². The lowest BCUT2D eigenvalue weighted by atomic mass is 10.1. The first kappa shape index (κ1) is 22.2. The molecule has 0 fully saturated rings. The quantitative estimate of drug-likeness (QED) is 0.203. The maximum atomic E-state index is 11.5. The molecule has 0 heterocycles. The second kappa shape index (κ2) is 17.5. The van der Waals surface area contributed by atoms with Gasteiger partial charge in [0.05, 0.1) is 0 Å². The van der Waals surface area contributed by atoms with Crippen LogP contribution in [0.4, 0.5) is 0 Å². The first-order valence-electron chi connectivity index (χ1n) is 8.99. The number of allylic oxidation sites excluding steroid dienone is 2. The number of halogens is 1. The molecule has 0 aromatic heterocycles. The third-order valence-electron chi connectivity index (χ3n) is 3.53. The molecule has 134 valence electrons. The van der Waals surface area contributed by atoms with Gasteiger partial charge in [-0.3, -0.25) is 9.59 Å². The van der Waals surface area contributed by atoms with Gasteiger partial charge < -0.3 is 10.6 Å². The Labute approximate surface area is 150 Å². The van der Waals surface area contributed by atoms with Crippen LogP contribution in [0.1, 0.15) is 71.1 Å². The van der Waals surface area contributed by atoms with E-state index in [9.17, 15) is 9.59 Å². The van der Waals surface area contributed by atoms with E-state index >= 15 is 0 Å². The fourth-order valence-electron chi connectivity index (χ4n) is 2.07. The molecule has 5 heteroatoms. The van der Waals surface area contributed by atoms with E-state index in [2.05, 4.69) is 38.7 Å². The van der Waals surface area contributed by atoms with Gasteiger partial charge >= 0.3 is 11.8 Å². The number of carbonyl (C=O) groups excluding carboxylic acids is 2. The predicted octanol–water partition coefficient (Wildman–Crippen LogP) is 4.09. The Morgan fingerprint density at radius 1 is 0.783 bits per heavy atom. The zero-order valence-corrected chi connectivity index (χ0v) is 16.1. The molecule has 2 amide bonds. The van der Waals surface area contributed by atoms with E-state index in [1.54, 1.807) is 0 Å². The highest BCUT2D eigenvalue weighted by atomic mass is 79.9. The van der Waals surface area contributed by atoms with Gasteiger partial charge in [-0.2, -0.15) is 0 Å². The molecule has 0 saturated heterocycles. The predicted molar refractivity (Wildman–Crippen MR) is 101 cm³/mol. The van der Waals surface area contributed by atoms with Crippen LogP contribution in [0, 0.1) is 0 Å². The lowest BCUT2D eigenvalue weighted by Gasteiger charge is -2.05. The molecule has 0 spiro atoms. The second-order valence-corrected chi connectivity index (χ2v) is 6.52. The number of alkyl halides is 1. The molecule has 0 aromatic rings. The molecule has 23 heavy (non-hydrogen) atoms. The molecular formula is C18H33BrN2O2. The van der Waals surface area contributed by atoms with Crippen LogP contribution < -0.4 is 10.6 Å². The molecule has 0 saturated carbocycles. The third kappa shape index (κ3) is 15.8. The monoisotopic (exact) mass is 388 g/mol. The normalized spacial score (nSPS) is 10.9. The number of carbonyl (C=O) groups is 2. The molecule has 0 bridgehead atoms. The van der Waals surface area contributed by atoms with Crippen LogP contribution in [-0.4, -0.2) is 30.2 Å². The molecule has 4 nitrogen and oxygen atoms in total. The van der Waals surface area contributed by atoms with Crippen LogP contribution in [0.15, 0.2) is 12.2 Å². The van der Waals surface area contributed by atoms with Crippen LogP contribution in [0.25, 0.3) is 0 Å². The Morgan fingerprint density at radius 3 is 1.87 bits per heavy atom.